The van der Waals surface area contributed by atoms with Crippen LogP contribution in [-0.4, -0.2) is 26.1 Å². The van der Waals surface area contributed by atoms with Crippen molar-refractivity contribution in [2.75, 3.05) is 7.11 Å². The molecular weight excluding hydrogens is 302 g/mol. The smallest absolute Gasteiger partial charge is 0.427 e. The van der Waals surface area contributed by atoms with Crippen LogP contribution in [-0.2, 0) is 9.13 Å². The molecule has 0 spiro atoms. The lowest BCUT2D eigenvalue weighted by molar-refractivity contribution is 0.384. The fourth-order valence-corrected chi connectivity index (χ4v) is 3.02. The van der Waals surface area contributed by atoms with E-state index >= 15 is 0 Å². The molecule has 7 nitrogen and oxygen atoms in total. The highest BCUT2D eigenvalue weighted by Crippen LogP contribution is 2.58. The molecular formula is C8H10O7P2S. The summed E-state index contributed by atoms with van der Waals surface area (Å²) in [5, 5.41) is 0. The van der Waals surface area contributed by atoms with Crippen molar-refractivity contribution in [1.82, 2.24) is 0 Å². The van der Waals surface area contributed by atoms with Crippen molar-refractivity contribution in [3.63, 3.8) is 0 Å². The predicted octanol–water partition coefficient (Wildman–Crippen LogP) is 1.72. The fraction of sp³-hybridized carbons (Fsp3) is 0.125. The Morgan fingerprint density at radius 3 is 1.94 bits per heavy atom. The molecule has 1 atom stereocenters. The largest absolute Gasteiger partial charge is 0.497 e. The molecule has 0 aromatic heterocycles. The van der Waals surface area contributed by atoms with Crippen LogP contribution in [0.2, 0.25) is 0 Å². The highest BCUT2D eigenvalue weighted by atomic mass is 32.1. The van der Waals surface area contributed by atoms with Gasteiger partial charge >= 0.3 is 15.2 Å². The SMILES string of the molecule is COc1ccc(OP(=O)(O)C(=S)P(=O)(O)O)cc1. The second-order valence-corrected chi connectivity index (χ2v) is 7.69. The van der Waals surface area contributed by atoms with Crippen LogP contribution in [0.25, 0.3) is 0 Å². The minimum atomic E-state index is -4.96. The molecule has 100 valence electrons. The third kappa shape index (κ3) is 3.88. The van der Waals surface area contributed by atoms with E-state index in [0.717, 1.165) is 0 Å². The summed E-state index contributed by atoms with van der Waals surface area (Å²) >= 11 is 4.25. The standard InChI is InChI=1S/C8H10O7P2S/c1-14-6-2-4-7(5-3-6)15-17(12,13)8(18)16(9,10)11/h2-5H,1H3,(H,12,13)(H2,9,10,11). The molecule has 1 unspecified atom stereocenters. The summed E-state index contributed by atoms with van der Waals surface area (Å²) in [5.74, 6) is 0.435. The van der Waals surface area contributed by atoms with Crippen LogP contribution < -0.4 is 9.26 Å². The normalized spacial score (nSPS) is 14.7. The first-order valence-corrected chi connectivity index (χ1v) is 8.04. The molecule has 0 aliphatic heterocycles. The van der Waals surface area contributed by atoms with Gasteiger partial charge in [-0.15, -0.1) is 0 Å². The Kier molecular flexibility index (Phi) is 4.66. The van der Waals surface area contributed by atoms with Crippen molar-refractivity contribution in [3.05, 3.63) is 24.3 Å². The van der Waals surface area contributed by atoms with Crippen molar-refractivity contribution < 1.29 is 33.1 Å². The average Bonchev–Trinajstić information content (AvgIpc) is 2.27. The number of benzene rings is 1. The monoisotopic (exact) mass is 312 g/mol. The summed E-state index contributed by atoms with van der Waals surface area (Å²) in [4.78, 5) is 26.8. The highest BCUT2D eigenvalue weighted by Gasteiger charge is 2.40. The molecule has 1 rings (SSSR count). The molecule has 0 aliphatic carbocycles. The van der Waals surface area contributed by atoms with Crippen LogP contribution in [0, 0.1) is 0 Å². The topological polar surface area (TPSA) is 113 Å². The number of ether oxygens (including phenoxy) is 1. The van der Waals surface area contributed by atoms with E-state index < -0.39 is 19.5 Å². The van der Waals surface area contributed by atoms with Crippen LogP contribution in [0.15, 0.2) is 24.3 Å². The number of rotatable bonds is 5. The molecule has 3 N–H and O–H groups in total. The first-order chi connectivity index (χ1) is 8.16. The summed E-state index contributed by atoms with van der Waals surface area (Å²) in [6, 6.07) is 5.53. The van der Waals surface area contributed by atoms with Gasteiger partial charge < -0.3 is 23.9 Å². The summed E-state index contributed by atoms with van der Waals surface area (Å²) < 4.78 is 30.5. The van der Waals surface area contributed by atoms with Crippen LogP contribution >= 0.6 is 27.4 Å². The number of thiocarbonyl (C=S) groups is 1. The van der Waals surface area contributed by atoms with Gasteiger partial charge in [-0.25, -0.2) is 4.57 Å². The zero-order valence-electron chi connectivity index (χ0n) is 9.09. The molecule has 0 aliphatic rings. The van der Waals surface area contributed by atoms with Crippen molar-refractivity contribution >= 4 is 31.8 Å². The van der Waals surface area contributed by atoms with Gasteiger partial charge in [0.1, 0.15) is 11.5 Å². The minimum Gasteiger partial charge on any atom is -0.497 e. The van der Waals surface area contributed by atoms with E-state index in [-0.39, 0.29) is 5.75 Å². The number of hydrogen-bond acceptors (Lipinski definition) is 5. The van der Waals surface area contributed by atoms with Gasteiger partial charge in [-0.1, -0.05) is 12.2 Å². The third-order valence-electron chi connectivity index (χ3n) is 1.78. The van der Waals surface area contributed by atoms with Gasteiger partial charge in [-0.3, -0.25) is 4.57 Å². The highest BCUT2D eigenvalue weighted by molar-refractivity contribution is 8.16. The molecule has 1 aromatic carbocycles. The molecule has 0 amide bonds. The second kappa shape index (κ2) is 5.48. The fourth-order valence-electron chi connectivity index (χ4n) is 0.983. The Bertz CT molecular complexity index is 535. The van der Waals surface area contributed by atoms with Crippen molar-refractivity contribution in [1.29, 1.82) is 0 Å². The van der Waals surface area contributed by atoms with Crippen LogP contribution in [0.1, 0.15) is 0 Å². The van der Waals surface area contributed by atoms with Crippen LogP contribution in [0.3, 0.4) is 0 Å². The maximum absolute atomic E-state index is 11.6. The quantitative estimate of drug-likeness (QED) is 0.556. The zero-order chi connectivity index (χ0) is 14.0. The van der Waals surface area contributed by atoms with Gasteiger partial charge in [0.25, 0.3) is 0 Å². The maximum Gasteiger partial charge on any atom is 0.427 e. The Hall–Kier alpha value is -0.750. The van der Waals surface area contributed by atoms with Gasteiger partial charge in [0.15, 0.2) is 0 Å². The summed E-state index contributed by atoms with van der Waals surface area (Å²) in [6.45, 7) is 0. The van der Waals surface area contributed by atoms with E-state index in [2.05, 4.69) is 16.7 Å². The van der Waals surface area contributed by atoms with Gasteiger partial charge in [0, 0.05) is 0 Å². The summed E-state index contributed by atoms with van der Waals surface area (Å²) in [7, 11) is -8.24. The van der Waals surface area contributed by atoms with E-state index in [0.29, 0.717) is 5.75 Å². The predicted molar refractivity (Wildman–Crippen MR) is 68.1 cm³/mol. The lowest BCUT2D eigenvalue weighted by atomic mass is 10.3. The number of hydrogen-bond donors (Lipinski definition) is 3. The summed E-state index contributed by atoms with van der Waals surface area (Å²) in [6.07, 6.45) is 0. The average molecular weight is 312 g/mol. The van der Waals surface area contributed by atoms with E-state index in [9.17, 15) is 14.0 Å². The van der Waals surface area contributed by atoms with Gasteiger partial charge in [-0.2, -0.15) is 0 Å². The van der Waals surface area contributed by atoms with E-state index in [1.54, 1.807) is 0 Å². The van der Waals surface area contributed by atoms with Crippen LogP contribution in [0.4, 0.5) is 0 Å². The molecule has 18 heavy (non-hydrogen) atoms. The molecule has 0 saturated heterocycles. The maximum atomic E-state index is 11.6. The zero-order valence-corrected chi connectivity index (χ0v) is 11.7. The molecule has 0 radical (unpaired) electrons. The first kappa shape index (κ1) is 15.3. The molecule has 10 heteroatoms. The Labute approximate surface area is 108 Å². The third-order valence-corrected chi connectivity index (χ3v) is 6.17. The molecule has 1 aromatic rings. The molecule has 0 fully saturated rings. The lowest BCUT2D eigenvalue weighted by Crippen LogP contribution is -2.03. The molecule has 0 heterocycles. The van der Waals surface area contributed by atoms with Gasteiger partial charge in [0.2, 0.25) is 4.35 Å². The van der Waals surface area contributed by atoms with Crippen molar-refractivity contribution in [2.45, 2.75) is 0 Å². The first-order valence-electron chi connectivity index (χ1n) is 4.44. The Balaban J connectivity index is 2.92. The van der Waals surface area contributed by atoms with E-state index in [1.165, 1.54) is 31.4 Å². The number of methoxy groups -OCH3 is 1. The van der Waals surface area contributed by atoms with Gasteiger partial charge in [0.05, 0.1) is 7.11 Å². The lowest BCUT2D eigenvalue weighted by Gasteiger charge is -2.14. The van der Waals surface area contributed by atoms with Crippen molar-refractivity contribution in [2.24, 2.45) is 0 Å². The van der Waals surface area contributed by atoms with E-state index in [1.807, 2.05) is 0 Å². The Morgan fingerprint density at radius 1 is 1.11 bits per heavy atom. The van der Waals surface area contributed by atoms with Gasteiger partial charge in [-0.05, 0) is 24.3 Å². The molecule has 0 bridgehead atoms. The summed E-state index contributed by atoms with van der Waals surface area (Å²) in [5.41, 5.74) is 0. The van der Waals surface area contributed by atoms with Crippen LogP contribution in [0.5, 0.6) is 11.5 Å². The molecule has 0 saturated carbocycles. The van der Waals surface area contributed by atoms with Crippen molar-refractivity contribution in [3.8, 4) is 11.5 Å². The second-order valence-electron chi connectivity index (χ2n) is 3.11. The van der Waals surface area contributed by atoms with E-state index in [4.69, 9.17) is 14.5 Å². The Morgan fingerprint density at radius 2 is 1.56 bits per heavy atom. The minimum absolute atomic E-state index is 0.0579.